The van der Waals surface area contributed by atoms with Gasteiger partial charge in [0.2, 0.25) is 0 Å². The third kappa shape index (κ3) is 9.60. The quantitative estimate of drug-likeness (QED) is 0.170. The van der Waals surface area contributed by atoms with E-state index >= 15 is 0 Å². The number of fused-ring (bicyclic) bond motifs is 1. The number of alkyl halides is 3. The monoisotopic (exact) mass is 651 g/mol. The molecule has 1 saturated heterocycles. The van der Waals surface area contributed by atoms with E-state index in [-0.39, 0.29) is 42.6 Å². The van der Waals surface area contributed by atoms with Gasteiger partial charge in [0.15, 0.2) is 11.2 Å². The smallest absolute Gasteiger partial charge is 1.00 e. The van der Waals surface area contributed by atoms with Crippen molar-refractivity contribution in [3.8, 4) is 11.5 Å². The van der Waals surface area contributed by atoms with E-state index in [1.807, 2.05) is 62.4 Å². The van der Waals surface area contributed by atoms with E-state index in [9.17, 15) is 18.0 Å². The van der Waals surface area contributed by atoms with Gasteiger partial charge < -0.3 is 31.3 Å². The maximum absolute atomic E-state index is 13.6. The van der Waals surface area contributed by atoms with Gasteiger partial charge in [0.05, 0.1) is 13.2 Å². The normalized spacial score (nSPS) is 15.6. The molecule has 2 heterocycles. The van der Waals surface area contributed by atoms with Gasteiger partial charge >= 0.3 is 35.7 Å². The summed E-state index contributed by atoms with van der Waals surface area (Å²) in [6.45, 7) is 5.24. The summed E-state index contributed by atoms with van der Waals surface area (Å²) in [4.78, 5) is 18.2. The molecule has 45 heavy (non-hydrogen) atoms. The molecule has 0 bridgehead atoms. The van der Waals surface area contributed by atoms with Crippen molar-refractivity contribution in [2.75, 3.05) is 30.9 Å². The zero-order valence-electron chi connectivity index (χ0n) is 26.2. The average molecular weight is 652 g/mol. The van der Waals surface area contributed by atoms with Crippen LogP contribution in [0.2, 0.25) is 0 Å². The van der Waals surface area contributed by atoms with Gasteiger partial charge in [0.1, 0.15) is 17.4 Å². The molecule has 9 nitrogen and oxygen atoms in total. The van der Waals surface area contributed by atoms with Gasteiger partial charge in [-0.1, -0.05) is 18.2 Å². The number of carbonyl (C=O) groups is 1. The van der Waals surface area contributed by atoms with Gasteiger partial charge in [-0.3, -0.25) is 10.1 Å². The molecule has 1 aliphatic heterocycles. The van der Waals surface area contributed by atoms with Crippen LogP contribution in [0.4, 0.5) is 24.5 Å². The summed E-state index contributed by atoms with van der Waals surface area (Å²) in [6, 6.07) is 21.7. The number of rotatable bonds is 8. The van der Waals surface area contributed by atoms with Gasteiger partial charge in [-0.25, -0.2) is 4.99 Å². The number of hydrogen-bond donors (Lipinski definition) is 4. The molecule has 4 aromatic rings. The Hall–Kier alpha value is -3.78. The minimum absolute atomic E-state index is 0. The van der Waals surface area contributed by atoms with Crippen LogP contribution in [-0.2, 0) is 9.53 Å². The number of thiocarbonyl (C=S) groups is 1. The van der Waals surface area contributed by atoms with E-state index in [0.29, 0.717) is 29.2 Å². The Morgan fingerprint density at radius 2 is 1.51 bits per heavy atom. The number of amidine groups is 1. The van der Waals surface area contributed by atoms with Crippen LogP contribution >= 0.6 is 12.2 Å². The molecule has 2 unspecified atom stereocenters. The van der Waals surface area contributed by atoms with E-state index in [4.69, 9.17) is 26.4 Å². The Balaban J connectivity index is 0.000000307. The second-order valence-electron chi connectivity index (χ2n) is 9.36. The van der Waals surface area contributed by atoms with Crippen LogP contribution in [0.25, 0.3) is 10.9 Å². The number of anilines is 2. The van der Waals surface area contributed by atoms with Crippen molar-refractivity contribution in [2.45, 2.75) is 32.0 Å². The zero-order chi connectivity index (χ0) is 31.7. The number of nitrogens with one attached hydrogen (secondary N) is 4. The molecule has 0 spiro atoms. The molecule has 1 amide bonds. The summed E-state index contributed by atoms with van der Waals surface area (Å²) in [5.41, 5.74) is 2.36. The van der Waals surface area contributed by atoms with Crippen LogP contribution in [0.5, 0.6) is 11.5 Å². The maximum atomic E-state index is 13.6. The van der Waals surface area contributed by atoms with Crippen LogP contribution in [0.1, 0.15) is 26.8 Å². The van der Waals surface area contributed by atoms with E-state index < -0.39 is 24.1 Å². The second kappa shape index (κ2) is 16.5. The van der Waals surface area contributed by atoms with E-state index in [2.05, 4.69) is 25.9 Å². The fourth-order valence-corrected chi connectivity index (χ4v) is 4.70. The van der Waals surface area contributed by atoms with E-state index in [1.54, 1.807) is 24.3 Å². The van der Waals surface area contributed by atoms with Crippen molar-refractivity contribution in [1.82, 2.24) is 10.3 Å². The fourth-order valence-electron chi connectivity index (χ4n) is 4.47. The van der Waals surface area contributed by atoms with Crippen LogP contribution in [0.3, 0.4) is 0 Å². The van der Waals surface area contributed by atoms with Crippen LogP contribution in [-0.4, -0.2) is 54.6 Å². The molecule has 0 saturated carbocycles. The fraction of sp³-hybridized carbons (Fsp3) is 0.258. The average Bonchev–Trinajstić information content (AvgIpc) is 3.58. The number of halogens is 3. The standard InChI is InChI=1S/C17H20N2O2S.C14H12F3N3O2.Na.H/c1-3-20-15-9-5-13(6-10-15)18-17(22)19-14-7-11-16(12-8-14)21-4-2;1-18-13-20-12(21)11(22-13)10(14(15,16)17)8-6-19-9-5-3-2-4-7(8)9;;/h5-12H,3-4H2,1-2H3,(H2,18,19,22);2-6,10-11,19H,1H3,(H,18,20,21);;/q;;+1;-1. The molecule has 14 heteroatoms. The van der Waals surface area contributed by atoms with Crippen molar-refractivity contribution in [3.05, 3.63) is 84.6 Å². The van der Waals surface area contributed by atoms with E-state index in [1.165, 1.54) is 13.2 Å². The first-order valence-electron chi connectivity index (χ1n) is 13.7. The molecule has 2 atom stereocenters. The Morgan fingerprint density at radius 1 is 0.978 bits per heavy atom. The minimum Gasteiger partial charge on any atom is -1.00 e. The van der Waals surface area contributed by atoms with Gasteiger partial charge in [0.25, 0.3) is 11.9 Å². The van der Waals surface area contributed by atoms with Gasteiger partial charge in [0, 0.05) is 35.5 Å². The molecule has 1 fully saturated rings. The molecule has 4 N–H and O–H groups in total. The van der Waals surface area contributed by atoms with Crippen LogP contribution < -0.4 is 55.0 Å². The number of carbonyl (C=O) groups excluding carboxylic acids is 1. The van der Waals surface area contributed by atoms with Crippen molar-refractivity contribution in [1.29, 1.82) is 0 Å². The first-order valence-corrected chi connectivity index (χ1v) is 14.1. The molecule has 3 aromatic carbocycles. The topological polar surface area (TPSA) is 109 Å². The second-order valence-corrected chi connectivity index (χ2v) is 9.77. The largest absolute Gasteiger partial charge is 1.00 e. The number of hydrogen-bond acceptors (Lipinski definition) is 6. The summed E-state index contributed by atoms with van der Waals surface area (Å²) in [5, 5.41) is 9.40. The number of para-hydroxylation sites is 1. The molecule has 5 rings (SSSR count). The first-order chi connectivity index (χ1) is 21.1. The predicted molar refractivity (Wildman–Crippen MR) is 170 cm³/mol. The molecule has 0 radical (unpaired) electrons. The number of H-pyrrole nitrogens is 1. The molecular weight excluding hydrogens is 618 g/mol. The Bertz CT molecular complexity index is 1550. The zero-order valence-corrected chi connectivity index (χ0v) is 28.0. The van der Waals surface area contributed by atoms with E-state index in [0.717, 1.165) is 22.9 Å². The number of aromatic amines is 1. The first kappa shape index (κ1) is 35.7. The van der Waals surface area contributed by atoms with Gasteiger partial charge in [-0.2, -0.15) is 13.2 Å². The number of ether oxygens (including phenoxy) is 3. The molecular formula is C31H33F3N5NaO4S. The summed E-state index contributed by atoms with van der Waals surface area (Å²) in [6.07, 6.45) is -5.07. The summed E-state index contributed by atoms with van der Waals surface area (Å²) < 4.78 is 56.5. The van der Waals surface area contributed by atoms with Gasteiger partial charge in [-0.05, 0) is 86.2 Å². The number of aromatic nitrogens is 1. The predicted octanol–water partition coefficient (Wildman–Crippen LogP) is 3.72. The summed E-state index contributed by atoms with van der Waals surface area (Å²) in [7, 11) is 1.33. The van der Waals surface area contributed by atoms with Crippen molar-refractivity contribution in [3.63, 3.8) is 0 Å². The number of nitrogens with zero attached hydrogens (tertiary/aromatic N) is 1. The molecule has 0 aliphatic carbocycles. The van der Waals surface area contributed by atoms with Crippen molar-refractivity contribution in [2.24, 2.45) is 4.99 Å². The Kier molecular flexibility index (Phi) is 13.1. The van der Waals surface area contributed by atoms with Crippen molar-refractivity contribution < 1.29 is 63.2 Å². The third-order valence-corrected chi connectivity index (χ3v) is 6.59. The number of aliphatic imine (C=N–C) groups is 1. The molecule has 1 aromatic heterocycles. The third-order valence-electron chi connectivity index (χ3n) is 6.39. The Labute approximate surface area is 287 Å². The SMILES string of the molecule is CCOc1ccc(NC(=S)Nc2ccc(OCC)cc2)cc1.CN=C1NC(=O)C(C(c2c[nH]c3ccccc23)C(F)(F)F)O1.[H-].[Na+]. The molecule has 234 valence electrons. The number of benzene rings is 3. The summed E-state index contributed by atoms with van der Waals surface area (Å²) in [5.74, 6) is -1.24. The van der Waals surface area contributed by atoms with Crippen LogP contribution in [0.15, 0.2) is 84.0 Å². The minimum atomic E-state index is -4.64. The molecule has 1 aliphatic rings. The number of amides is 1. The van der Waals surface area contributed by atoms with Crippen molar-refractivity contribution >= 4 is 51.5 Å². The van der Waals surface area contributed by atoms with Gasteiger partial charge in [-0.15, -0.1) is 0 Å². The summed E-state index contributed by atoms with van der Waals surface area (Å²) >= 11 is 5.30. The maximum Gasteiger partial charge on any atom is 1.00 e. The van der Waals surface area contributed by atoms with Crippen LogP contribution in [0, 0.1) is 0 Å². The Morgan fingerprint density at radius 3 is 1.98 bits per heavy atom.